The van der Waals surface area contributed by atoms with Crippen molar-refractivity contribution in [1.29, 1.82) is 0 Å². The van der Waals surface area contributed by atoms with Gasteiger partial charge in [-0.25, -0.2) is 15.8 Å². The van der Waals surface area contributed by atoms with Crippen LogP contribution in [0.4, 0.5) is 0 Å². The number of hydrazine groups is 1. The van der Waals surface area contributed by atoms with Gasteiger partial charge in [-0.1, -0.05) is 0 Å². The van der Waals surface area contributed by atoms with Gasteiger partial charge in [-0.05, 0) is 0 Å². The summed E-state index contributed by atoms with van der Waals surface area (Å²) in [5.74, 6) is 6.73. The number of hydrogen-bond donors (Lipinski definition) is 3. The summed E-state index contributed by atoms with van der Waals surface area (Å²) in [4.78, 5) is 8.40. The zero-order valence-corrected chi connectivity index (χ0v) is 9.60. The number of hydrogen-bond acceptors (Lipinski definition) is 4. The van der Waals surface area contributed by atoms with Gasteiger partial charge in [0.2, 0.25) is 5.96 Å². The van der Waals surface area contributed by atoms with E-state index in [1.807, 2.05) is 17.8 Å². The van der Waals surface area contributed by atoms with Crippen LogP contribution in [0, 0.1) is 0 Å². The van der Waals surface area contributed by atoms with Gasteiger partial charge < -0.3 is 14.6 Å². The first-order chi connectivity index (χ1) is 7.77. The summed E-state index contributed by atoms with van der Waals surface area (Å²) >= 11 is 0. The Kier molecular flexibility index (Phi) is 5.30. The molecule has 0 atom stereocenters. The molecule has 0 fully saturated rings. The van der Waals surface area contributed by atoms with E-state index >= 15 is 0 Å². The third kappa shape index (κ3) is 3.87. The third-order valence-electron chi connectivity index (χ3n) is 2.03. The maximum atomic E-state index is 5.32. The van der Waals surface area contributed by atoms with Gasteiger partial charge in [0.25, 0.3) is 0 Å². The van der Waals surface area contributed by atoms with Crippen LogP contribution in [0.3, 0.4) is 0 Å². The molecule has 0 radical (unpaired) electrons. The van der Waals surface area contributed by atoms with E-state index in [1.54, 1.807) is 13.3 Å². The zero-order valence-electron chi connectivity index (χ0n) is 9.60. The smallest absolute Gasteiger partial charge is 0.206 e. The van der Waals surface area contributed by atoms with Gasteiger partial charge in [0.15, 0.2) is 0 Å². The lowest BCUT2D eigenvalue weighted by molar-refractivity contribution is 0.203. The molecular formula is C9H18N6O. The lowest BCUT2D eigenvalue weighted by atomic mass is 10.6. The van der Waals surface area contributed by atoms with Crippen LogP contribution in [0.15, 0.2) is 17.4 Å². The number of imidazole rings is 1. The molecule has 0 unspecified atom stereocenters. The van der Waals surface area contributed by atoms with Crippen LogP contribution >= 0.6 is 0 Å². The van der Waals surface area contributed by atoms with Crippen molar-refractivity contribution in [2.24, 2.45) is 17.9 Å². The van der Waals surface area contributed by atoms with Crippen molar-refractivity contribution in [2.45, 2.75) is 6.54 Å². The molecule has 90 valence electrons. The average Bonchev–Trinajstić information content (AvgIpc) is 2.69. The van der Waals surface area contributed by atoms with E-state index < -0.39 is 0 Å². The number of aliphatic imine (C=N–C) groups is 1. The van der Waals surface area contributed by atoms with Gasteiger partial charge in [0.05, 0.1) is 6.61 Å². The highest BCUT2D eigenvalue weighted by Gasteiger charge is 1.99. The standard InChI is InChI=1S/C9H18N6O/c1-15-5-3-11-8(15)7-13-9(14-10)12-4-6-16-2/h3,5H,4,6-7,10H2,1-2H3,(H2,12,13,14). The maximum absolute atomic E-state index is 5.32. The van der Waals surface area contributed by atoms with Gasteiger partial charge in [-0.2, -0.15) is 0 Å². The minimum Gasteiger partial charge on any atom is -0.383 e. The lowest BCUT2D eigenvalue weighted by Crippen LogP contribution is -2.42. The SMILES string of the molecule is COCCNC(=NCc1nccn1C)NN. The Bertz CT molecular complexity index is 334. The molecule has 1 heterocycles. The van der Waals surface area contributed by atoms with Crippen LogP contribution in [0.1, 0.15) is 5.82 Å². The molecular weight excluding hydrogens is 208 g/mol. The number of nitrogens with zero attached hydrogens (tertiary/aromatic N) is 3. The van der Waals surface area contributed by atoms with Gasteiger partial charge in [0.1, 0.15) is 12.4 Å². The number of nitrogens with one attached hydrogen (secondary N) is 2. The highest BCUT2D eigenvalue weighted by atomic mass is 16.5. The topological polar surface area (TPSA) is 89.5 Å². The molecule has 0 spiro atoms. The number of guanidine groups is 1. The number of aryl methyl sites for hydroxylation is 1. The van der Waals surface area contributed by atoms with Crippen molar-refractivity contribution in [1.82, 2.24) is 20.3 Å². The first-order valence-corrected chi connectivity index (χ1v) is 4.98. The minimum atomic E-state index is 0.475. The fraction of sp³-hybridized carbons (Fsp3) is 0.556. The van der Waals surface area contributed by atoms with Crippen molar-refractivity contribution < 1.29 is 4.74 Å². The van der Waals surface area contributed by atoms with Crippen molar-refractivity contribution in [3.63, 3.8) is 0 Å². The minimum absolute atomic E-state index is 0.475. The molecule has 0 aromatic carbocycles. The molecule has 4 N–H and O–H groups in total. The van der Waals surface area contributed by atoms with Crippen LogP contribution < -0.4 is 16.6 Å². The van der Waals surface area contributed by atoms with Gasteiger partial charge in [-0.3, -0.25) is 5.43 Å². The highest BCUT2D eigenvalue weighted by molar-refractivity contribution is 5.79. The molecule has 1 rings (SSSR count). The summed E-state index contributed by atoms with van der Waals surface area (Å²) in [6.07, 6.45) is 3.61. The normalized spacial score (nSPS) is 11.6. The molecule has 0 bridgehead atoms. The molecule has 0 aliphatic carbocycles. The molecule has 0 aliphatic rings. The van der Waals surface area contributed by atoms with E-state index in [4.69, 9.17) is 10.6 Å². The summed E-state index contributed by atoms with van der Waals surface area (Å²) in [7, 11) is 3.56. The number of nitrogens with two attached hydrogens (primary N) is 1. The Hall–Kier alpha value is -1.60. The van der Waals surface area contributed by atoms with E-state index in [2.05, 4.69) is 20.7 Å². The summed E-state index contributed by atoms with van der Waals surface area (Å²) < 4.78 is 6.81. The predicted octanol–water partition coefficient (Wildman–Crippen LogP) is -1.02. The molecule has 0 amide bonds. The molecule has 1 aromatic heterocycles. The first kappa shape index (κ1) is 12.5. The van der Waals surface area contributed by atoms with Gasteiger partial charge >= 0.3 is 0 Å². The summed E-state index contributed by atoms with van der Waals surface area (Å²) in [5.41, 5.74) is 2.49. The fourth-order valence-corrected chi connectivity index (χ4v) is 1.12. The van der Waals surface area contributed by atoms with E-state index in [1.165, 1.54) is 0 Å². The fourth-order valence-electron chi connectivity index (χ4n) is 1.12. The van der Waals surface area contributed by atoms with Gasteiger partial charge in [0, 0.05) is 33.1 Å². The molecule has 0 aliphatic heterocycles. The Morgan fingerprint density at radius 1 is 1.69 bits per heavy atom. The second kappa shape index (κ2) is 6.81. The molecule has 7 nitrogen and oxygen atoms in total. The third-order valence-corrected chi connectivity index (χ3v) is 2.03. The monoisotopic (exact) mass is 226 g/mol. The number of rotatable bonds is 5. The molecule has 0 saturated heterocycles. The van der Waals surface area contributed by atoms with Crippen molar-refractivity contribution in [3.05, 3.63) is 18.2 Å². The molecule has 7 heteroatoms. The summed E-state index contributed by atoms with van der Waals surface area (Å²) in [6.45, 7) is 1.73. The lowest BCUT2D eigenvalue weighted by Gasteiger charge is -2.08. The van der Waals surface area contributed by atoms with E-state index in [9.17, 15) is 0 Å². The number of methoxy groups -OCH3 is 1. The first-order valence-electron chi connectivity index (χ1n) is 4.98. The second-order valence-corrected chi connectivity index (χ2v) is 3.18. The zero-order chi connectivity index (χ0) is 11.8. The largest absolute Gasteiger partial charge is 0.383 e. The van der Waals surface area contributed by atoms with Crippen LogP contribution in [-0.2, 0) is 18.3 Å². The maximum Gasteiger partial charge on any atom is 0.206 e. The average molecular weight is 226 g/mol. The number of aromatic nitrogens is 2. The van der Waals surface area contributed by atoms with Crippen molar-refractivity contribution >= 4 is 5.96 Å². The van der Waals surface area contributed by atoms with Crippen molar-refractivity contribution in [2.75, 3.05) is 20.3 Å². The van der Waals surface area contributed by atoms with E-state index in [-0.39, 0.29) is 0 Å². The van der Waals surface area contributed by atoms with E-state index in [0.717, 1.165) is 5.82 Å². The Balaban J connectivity index is 2.43. The highest BCUT2D eigenvalue weighted by Crippen LogP contribution is 1.95. The summed E-state index contributed by atoms with van der Waals surface area (Å²) in [5, 5.41) is 3.00. The quantitative estimate of drug-likeness (QED) is 0.196. The Labute approximate surface area is 94.7 Å². The second-order valence-electron chi connectivity index (χ2n) is 3.18. The number of ether oxygens (including phenoxy) is 1. The van der Waals surface area contributed by atoms with Crippen LogP contribution in [0.25, 0.3) is 0 Å². The van der Waals surface area contributed by atoms with Crippen molar-refractivity contribution in [3.8, 4) is 0 Å². The molecule has 0 saturated carbocycles. The van der Waals surface area contributed by atoms with Crippen LogP contribution in [0.2, 0.25) is 0 Å². The Morgan fingerprint density at radius 2 is 2.50 bits per heavy atom. The van der Waals surface area contributed by atoms with Crippen LogP contribution in [-0.4, -0.2) is 35.8 Å². The van der Waals surface area contributed by atoms with Crippen LogP contribution in [0.5, 0.6) is 0 Å². The summed E-state index contributed by atoms with van der Waals surface area (Å²) in [6, 6.07) is 0. The van der Waals surface area contributed by atoms with Gasteiger partial charge in [-0.15, -0.1) is 0 Å². The molecule has 1 aromatic rings. The van der Waals surface area contributed by atoms with E-state index in [0.29, 0.717) is 25.7 Å². The Morgan fingerprint density at radius 3 is 3.06 bits per heavy atom. The predicted molar refractivity (Wildman–Crippen MR) is 61.5 cm³/mol. The molecule has 16 heavy (non-hydrogen) atoms.